The van der Waals surface area contributed by atoms with Gasteiger partial charge in [0.2, 0.25) is 0 Å². The van der Waals surface area contributed by atoms with Crippen LogP contribution in [0.4, 0.5) is 4.39 Å². The van der Waals surface area contributed by atoms with Gasteiger partial charge in [-0.15, -0.1) is 0 Å². The number of halogens is 1. The fraction of sp³-hybridized carbons (Fsp3) is 0. The van der Waals surface area contributed by atoms with Gasteiger partial charge in [0.05, 0.1) is 12.4 Å². The molecule has 2 N–H and O–H groups in total. The summed E-state index contributed by atoms with van der Waals surface area (Å²) < 4.78 is 16.6. The van der Waals surface area contributed by atoms with Crippen molar-refractivity contribution in [3.05, 3.63) is 24.3 Å². The van der Waals surface area contributed by atoms with Crippen molar-refractivity contribution in [2.75, 3.05) is 0 Å². The van der Waals surface area contributed by atoms with E-state index in [-0.39, 0.29) is 5.75 Å². The number of pyridine rings is 1. The van der Waals surface area contributed by atoms with Crippen LogP contribution in [0.25, 0.3) is 0 Å². The van der Waals surface area contributed by atoms with Crippen LogP contribution in [0.15, 0.2) is 18.5 Å². The molecule has 1 rings (SSSR count). The number of hydrogen-bond donors (Lipinski definition) is 2. The quantitative estimate of drug-likeness (QED) is 0.571. The van der Waals surface area contributed by atoms with Crippen LogP contribution in [0.5, 0.6) is 5.75 Å². The minimum absolute atomic E-state index is 0.0278. The molecule has 0 saturated carbocycles. The molecule has 4 nitrogen and oxygen atoms in total. The Kier molecular flexibility index (Phi) is 2.40. The molecule has 0 amide bonds. The lowest BCUT2D eigenvalue weighted by molar-refractivity contribution is 0.287. The van der Waals surface area contributed by atoms with Crippen molar-refractivity contribution >= 4 is 7.32 Å². The van der Waals surface area contributed by atoms with Gasteiger partial charge < -0.3 is 14.7 Å². The maximum atomic E-state index is 12.3. The molecule has 0 bridgehead atoms. The van der Waals surface area contributed by atoms with Gasteiger partial charge in [0, 0.05) is 6.07 Å². The molecule has 1 aromatic heterocycles. The van der Waals surface area contributed by atoms with Crippen molar-refractivity contribution in [3.8, 4) is 5.75 Å². The van der Waals surface area contributed by atoms with Gasteiger partial charge in [0.1, 0.15) is 11.6 Å². The second-order valence-electron chi connectivity index (χ2n) is 1.78. The first-order chi connectivity index (χ1) is 5.18. The maximum absolute atomic E-state index is 12.3. The van der Waals surface area contributed by atoms with E-state index in [0.717, 1.165) is 12.3 Å². The van der Waals surface area contributed by atoms with E-state index in [9.17, 15) is 4.39 Å². The van der Waals surface area contributed by atoms with Crippen LogP contribution in [0.3, 0.4) is 0 Å². The maximum Gasteiger partial charge on any atom is 0.707 e. The highest BCUT2D eigenvalue weighted by Crippen LogP contribution is 2.09. The molecule has 0 radical (unpaired) electrons. The number of aromatic nitrogens is 1. The third kappa shape index (κ3) is 2.52. The zero-order valence-electron chi connectivity index (χ0n) is 5.44. The van der Waals surface area contributed by atoms with Gasteiger partial charge in [0.15, 0.2) is 0 Å². The molecule has 0 atom stereocenters. The zero-order valence-corrected chi connectivity index (χ0v) is 5.44. The molecule has 0 aliphatic carbocycles. The lowest BCUT2D eigenvalue weighted by Gasteiger charge is -2.01. The Morgan fingerprint density at radius 3 is 2.73 bits per heavy atom. The molecule has 1 aromatic rings. The predicted octanol–water partition coefficient (Wildman–Crippen LogP) is -0.431. The van der Waals surface area contributed by atoms with E-state index in [1.54, 1.807) is 0 Å². The van der Waals surface area contributed by atoms with Gasteiger partial charge in [0.25, 0.3) is 0 Å². The summed E-state index contributed by atoms with van der Waals surface area (Å²) in [6, 6.07) is 0.993. The lowest BCUT2D eigenvalue weighted by atomic mass is 10.2. The van der Waals surface area contributed by atoms with Crippen LogP contribution < -0.4 is 4.65 Å². The van der Waals surface area contributed by atoms with Crippen molar-refractivity contribution in [2.24, 2.45) is 0 Å². The standard InChI is InChI=1S/C5H5BFNO3/c7-4-1-5(3-8-2-4)11-6(9)10/h1-3,9-10H. The van der Waals surface area contributed by atoms with E-state index in [0.29, 0.717) is 0 Å². The topological polar surface area (TPSA) is 62.6 Å². The van der Waals surface area contributed by atoms with Gasteiger partial charge in [-0.2, -0.15) is 0 Å². The first kappa shape index (κ1) is 7.97. The van der Waals surface area contributed by atoms with Crippen molar-refractivity contribution in [1.29, 1.82) is 0 Å². The minimum Gasteiger partial charge on any atom is -0.511 e. The lowest BCUT2D eigenvalue weighted by Crippen LogP contribution is -2.20. The smallest absolute Gasteiger partial charge is 0.511 e. The summed E-state index contributed by atoms with van der Waals surface area (Å²) in [6.45, 7) is 0. The second kappa shape index (κ2) is 3.31. The second-order valence-corrected chi connectivity index (χ2v) is 1.78. The molecule has 0 spiro atoms. The van der Waals surface area contributed by atoms with E-state index in [1.165, 1.54) is 6.20 Å². The van der Waals surface area contributed by atoms with Gasteiger partial charge >= 0.3 is 7.32 Å². The monoisotopic (exact) mass is 157 g/mol. The summed E-state index contributed by atoms with van der Waals surface area (Å²) in [5.74, 6) is -0.622. The highest BCUT2D eigenvalue weighted by Gasteiger charge is 2.11. The molecule has 0 saturated heterocycles. The molecule has 0 aromatic carbocycles. The van der Waals surface area contributed by atoms with Crippen LogP contribution >= 0.6 is 0 Å². The van der Waals surface area contributed by atoms with Gasteiger partial charge in [-0.1, -0.05) is 0 Å². The first-order valence-corrected chi connectivity index (χ1v) is 2.82. The molecule has 11 heavy (non-hydrogen) atoms. The summed E-state index contributed by atoms with van der Waals surface area (Å²) in [6.07, 6.45) is 2.15. The van der Waals surface area contributed by atoms with Crippen molar-refractivity contribution in [1.82, 2.24) is 4.98 Å². The molecule has 0 unspecified atom stereocenters. The minimum atomic E-state index is -1.95. The van der Waals surface area contributed by atoms with Crippen molar-refractivity contribution in [2.45, 2.75) is 0 Å². The summed E-state index contributed by atoms with van der Waals surface area (Å²) >= 11 is 0. The zero-order chi connectivity index (χ0) is 8.27. The molecule has 1 heterocycles. The van der Waals surface area contributed by atoms with Crippen molar-refractivity contribution in [3.63, 3.8) is 0 Å². The van der Waals surface area contributed by atoms with Crippen LogP contribution in [0, 0.1) is 5.82 Å². The average Bonchev–Trinajstić information content (AvgIpc) is 1.85. The van der Waals surface area contributed by atoms with E-state index in [1.807, 2.05) is 0 Å². The Morgan fingerprint density at radius 1 is 1.45 bits per heavy atom. The Hall–Kier alpha value is -1.14. The third-order valence-corrected chi connectivity index (χ3v) is 0.921. The fourth-order valence-corrected chi connectivity index (χ4v) is 0.579. The molecule has 6 heteroatoms. The Balaban J connectivity index is 2.71. The molecule has 0 aliphatic heterocycles. The number of nitrogens with zero attached hydrogens (tertiary/aromatic N) is 1. The molecule has 0 fully saturated rings. The Labute approximate surface area is 62.4 Å². The number of hydrogen-bond acceptors (Lipinski definition) is 4. The molecular weight excluding hydrogens is 152 g/mol. The molecular formula is C5H5BFNO3. The van der Waals surface area contributed by atoms with Gasteiger partial charge in [-0.3, -0.25) is 4.98 Å². The van der Waals surface area contributed by atoms with Gasteiger partial charge in [-0.25, -0.2) is 4.39 Å². The van der Waals surface area contributed by atoms with Crippen LogP contribution in [0.2, 0.25) is 0 Å². The Bertz CT molecular complexity index is 245. The molecule has 0 aliphatic rings. The largest absolute Gasteiger partial charge is 0.707 e. The highest BCUT2D eigenvalue weighted by molar-refractivity contribution is 6.33. The van der Waals surface area contributed by atoms with Crippen LogP contribution in [-0.2, 0) is 0 Å². The first-order valence-electron chi connectivity index (χ1n) is 2.82. The van der Waals surface area contributed by atoms with Gasteiger partial charge in [-0.05, 0) is 0 Å². The van der Waals surface area contributed by atoms with Crippen LogP contribution in [-0.4, -0.2) is 22.4 Å². The van der Waals surface area contributed by atoms with E-state index >= 15 is 0 Å². The SMILES string of the molecule is OB(O)Oc1cncc(F)c1. The van der Waals surface area contributed by atoms with Crippen LogP contribution in [0.1, 0.15) is 0 Å². The summed E-state index contributed by atoms with van der Waals surface area (Å²) in [4.78, 5) is 3.42. The summed E-state index contributed by atoms with van der Waals surface area (Å²) in [5.41, 5.74) is 0. The molecule has 58 valence electrons. The summed E-state index contributed by atoms with van der Waals surface area (Å²) in [7, 11) is -1.95. The van der Waals surface area contributed by atoms with Crippen molar-refractivity contribution < 1.29 is 19.1 Å². The average molecular weight is 157 g/mol. The fourth-order valence-electron chi connectivity index (χ4n) is 0.579. The normalized spacial score (nSPS) is 9.36. The number of rotatable bonds is 2. The predicted molar refractivity (Wildman–Crippen MR) is 35.0 cm³/mol. The Morgan fingerprint density at radius 2 is 2.18 bits per heavy atom. The highest BCUT2D eigenvalue weighted by atomic mass is 19.1. The van der Waals surface area contributed by atoms with E-state index in [4.69, 9.17) is 10.0 Å². The van der Waals surface area contributed by atoms with E-state index in [2.05, 4.69) is 9.64 Å². The van der Waals surface area contributed by atoms with E-state index < -0.39 is 13.1 Å². The third-order valence-electron chi connectivity index (χ3n) is 0.921. The summed E-state index contributed by atoms with van der Waals surface area (Å²) in [5, 5.41) is 16.6.